The fourth-order valence-corrected chi connectivity index (χ4v) is 1.03. The highest BCUT2D eigenvalue weighted by Crippen LogP contribution is 2.29. The summed E-state index contributed by atoms with van der Waals surface area (Å²) in [5.41, 5.74) is 4.50. The fraction of sp³-hybridized carbons (Fsp3) is 0.455. The quantitative estimate of drug-likeness (QED) is 0.806. The molecule has 0 radical (unpaired) electrons. The van der Waals surface area contributed by atoms with Crippen LogP contribution in [0.2, 0.25) is 0 Å². The second kappa shape index (κ2) is 5.60. The number of hydrogen-bond acceptors (Lipinski definition) is 2. The van der Waals surface area contributed by atoms with Crippen LogP contribution in [0.5, 0.6) is 5.75 Å². The second-order valence-corrected chi connectivity index (χ2v) is 3.21. The molecule has 1 saturated carbocycles. The number of ether oxygens (including phenoxy) is 1. The Bertz CT molecular complexity index is 256. The van der Waals surface area contributed by atoms with Crippen molar-refractivity contribution in [2.24, 2.45) is 11.7 Å². The van der Waals surface area contributed by atoms with E-state index >= 15 is 0 Å². The molecule has 1 aromatic carbocycles. The molecule has 0 bridgehead atoms. The van der Waals surface area contributed by atoms with Crippen LogP contribution in [-0.4, -0.2) is 13.7 Å². The third-order valence-corrected chi connectivity index (χ3v) is 2.00. The summed E-state index contributed by atoms with van der Waals surface area (Å²) in [6, 6.07) is 6.17. The molecule has 2 rings (SSSR count). The third-order valence-electron chi connectivity index (χ3n) is 2.00. The Morgan fingerprint density at radius 1 is 1.29 bits per heavy atom. The summed E-state index contributed by atoms with van der Waals surface area (Å²) in [4.78, 5) is 0. The minimum Gasteiger partial charge on any atom is -0.493 e. The van der Waals surface area contributed by atoms with Crippen LogP contribution in [0, 0.1) is 11.7 Å². The van der Waals surface area contributed by atoms with Crippen LogP contribution in [0.3, 0.4) is 0 Å². The van der Waals surface area contributed by atoms with Crippen LogP contribution in [0.15, 0.2) is 24.3 Å². The standard InChI is InChI=1S/C10H11FO.CH5N/c11-9-3-5-10(6-4-9)12-7-8-1-2-8;1-2/h3-6,8H,1-2,7H2;2H2,1H3. The molecule has 2 nitrogen and oxygen atoms in total. The Kier molecular flexibility index (Phi) is 4.40. The van der Waals surface area contributed by atoms with Crippen molar-refractivity contribution >= 4 is 0 Å². The molecule has 0 heterocycles. The molecule has 3 heteroatoms. The number of halogens is 1. The van der Waals surface area contributed by atoms with E-state index in [2.05, 4.69) is 5.73 Å². The minimum atomic E-state index is -0.214. The van der Waals surface area contributed by atoms with E-state index in [1.54, 1.807) is 12.1 Å². The molecule has 0 aliphatic heterocycles. The van der Waals surface area contributed by atoms with Crippen molar-refractivity contribution in [3.05, 3.63) is 30.1 Å². The first-order chi connectivity index (χ1) is 6.84. The summed E-state index contributed by atoms with van der Waals surface area (Å²) in [6.45, 7) is 0.783. The molecule has 78 valence electrons. The van der Waals surface area contributed by atoms with E-state index in [9.17, 15) is 4.39 Å². The smallest absolute Gasteiger partial charge is 0.123 e. The number of hydrogen-bond donors (Lipinski definition) is 1. The molecule has 0 atom stereocenters. The zero-order valence-electron chi connectivity index (χ0n) is 8.37. The molecule has 0 saturated heterocycles. The first-order valence-electron chi connectivity index (χ1n) is 4.81. The predicted molar refractivity (Wildman–Crippen MR) is 54.7 cm³/mol. The minimum absolute atomic E-state index is 0.214. The van der Waals surface area contributed by atoms with Crippen molar-refractivity contribution in [3.63, 3.8) is 0 Å². The lowest BCUT2D eigenvalue weighted by atomic mass is 10.3. The first-order valence-corrected chi connectivity index (χ1v) is 4.81. The van der Waals surface area contributed by atoms with Gasteiger partial charge in [-0.3, -0.25) is 0 Å². The monoisotopic (exact) mass is 197 g/mol. The van der Waals surface area contributed by atoms with Gasteiger partial charge in [-0.25, -0.2) is 4.39 Å². The van der Waals surface area contributed by atoms with E-state index in [-0.39, 0.29) is 5.82 Å². The van der Waals surface area contributed by atoms with Gasteiger partial charge in [0.15, 0.2) is 0 Å². The molecular formula is C11H16FNO. The number of benzene rings is 1. The molecular weight excluding hydrogens is 181 g/mol. The molecule has 1 aliphatic rings. The van der Waals surface area contributed by atoms with Gasteiger partial charge in [0.25, 0.3) is 0 Å². The van der Waals surface area contributed by atoms with E-state index < -0.39 is 0 Å². The van der Waals surface area contributed by atoms with Gasteiger partial charge in [-0.05, 0) is 50.1 Å². The van der Waals surface area contributed by atoms with Gasteiger partial charge in [-0.2, -0.15) is 0 Å². The Labute approximate surface area is 83.9 Å². The van der Waals surface area contributed by atoms with Crippen molar-refractivity contribution < 1.29 is 9.13 Å². The highest BCUT2D eigenvalue weighted by Gasteiger charge is 2.21. The Morgan fingerprint density at radius 3 is 2.36 bits per heavy atom. The van der Waals surface area contributed by atoms with E-state index in [1.807, 2.05) is 0 Å². The molecule has 1 fully saturated rings. The topological polar surface area (TPSA) is 35.2 Å². The van der Waals surface area contributed by atoms with Crippen molar-refractivity contribution in [1.29, 1.82) is 0 Å². The van der Waals surface area contributed by atoms with E-state index in [1.165, 1.54) is 32.0 Å². The van der Waals surface area contributed by atoms with Gasteiger partial charge in [0.1, 0.15) is 11.6 Å². The average molecular weight is 197 g/mol. The second-order valence-electron chi connectivity index (χ2n) is 3.21. The van der Waals surface area contributed by atoms with E-state index in [0.717, 1.165) is 18.3 Å². The molecule has 0 unspecified atom stereocenters. The van der Waals surface area contributed by atoms with Gasteiger partial charge in [-0.1, -0.05) is 0 Å². The summed E-state index contributed by atoms with van der Waals surface area (Å²) in [5, 5.41) is 0. The normalized spacial score (nSPS) is 14.2. The maximum absolute atomic E-state index is 12.4. The van der Waals surface area contributed by atoms with Crippen molar-refractivity contribution in [3.8, 4) is 5.75 Å². The van der Waals surface area contributed by atoms with Gasteiger partial charge in [-0.15, -0.1) is 0 Å². The lowest BCUT2D eigenvalue weighted by molar-refractivity contribution is 0.299. The van der Waals surface area contributed by atoms with Crippen LogP contribution >= 0.6 is 0 Å². The lowest BCUT2D eigenvalue weighted by Gasteiger charge is -2.03. The summed E-state index contributed by atoms with van der Waals surface area (Å²) >= 11 is 0. The van der Waals surface area contributed by atoms with Gasteiger partial charge in [0.05, 0.1) is 6.61 Å². The maximum atomic E-state index is 12.4. The van der Waals surface area contributed by atoms with Crippen LogP contribution in [-0.2, 0) is 0 Å². The maximum Gasteiger partial charge on any atom is 0.123 e. The van der Waals surface area contributed by atoms with Crippen molar-refractivity contribution in [2.75, 3.05) is 13.7 Å². The predicted octanol–water partition coefficient (Wildman–Crippen LogP) is 2.19. The molecule has 0 spiro atoms. The molecule has 14 heavy (non-hydrogen) atoms. The Hall–Kier alpha value is -1.09. The highest BCUT2D eigenvalue weighted by molar-refractivity contribution is 5.22. The molecule has 0 amide bonds. The highest BCUT2D eigenvalue weighted by atomic mass is 19.1. The SMILES string of the molecule is CN.Fc1ccc(OCC2CC2)cc1. The summed E-state index contributed by atoms with van der Waals surface area (Å²) in [5.74, 6) is 1.30. The summed E-state index contributed by atoms with van der Waals surface area (Å²) < 4.78 is 17.9. The first kappa shape index (κ1) is 11.0. The van der Waals surface area contributed by atoms with E-state index in [4.69, 9.17) is 4.74 Å². The summed E-state index contributed by atoms with van der Waals surface area (Å²) in [7, 11) is 1.50. The van der Waals surface area contributed by atoms with Gasteiger partial charge < -0.3 is 10.5 Å². The van der Waals surface area contributed by atoms with Crippen molar-refractivity contribution in [1.82, 2.24) is 0 Å². The Morgan fingerprint density at radius 2 is 1.86 bits per heavy atom. The molecule has 0 aromatic heterocycles. The van der Waals surface area contributed by atoms with Crippen LogP contribution in [0.25, 0.3) is 0 Å². The van der Waals surface area contributed by atoms with Crippen LogP contribution in [0.1, 0.15) is 12.8 Å². The number of nitrogens with two attached hydrogens (primary N) is 1. The third kappa shape index (κ3) is 3.75. The Balaban J connectivity index is 0.000000461. The van der Waals surface area contributed by atoms with E-state index in [0.29, 0.717) is 0 Å². The molecule has 2 N–H and O–H groups in total. The van der Waals surface area contributed by atoms with Gasteiger partial charge in [0, 0.05) is 0 Å². The molecule has 1 aromatic rings. The zero-order chi connectivity index (χ0) is 10.4. The lowest BCUT2D eigenvalue weighted by Crippen LogP contribution is -1.98. The number of rotatable bonds is 3. The fourth-order valence-electron chi connectivity index (χ4n) is 1.03. The van der Waals surface area contributed by atoms with Crippen LogP contribution < -0.4 is 10.5 Å². The largest absolute Gasteiger partial charge is 0.493 e. The van der Waals surface area contributed by atoms with Crippen molar-refractivity contribution in [2.45, 2.75) is 12.8 Å². The average Bonchev–Trinajstić information content (AvgIpc) is 3.04. The van der Waals surface area contributed by atoms with Gasteiger partial charge in [0.2, 0.25) is 0 Å². The zero-order valence-corrected chi connectivity index (χ0v) is 8.37. The van der Waals surface area contributed by atoms with Gasteiger partial charge >= 0.3 is 0 Å². The summed E-state index contributed by atoms with van der Waals surface area (Å²) in [6.07, 6.45) is 2.56. The van der Waals surface area contributed by atoms with Crippen LogP contribution in [0.4, 0.5) is 4.39 Å². The molecule has 1 aliphatic carbocycles.